The van der Waals surface area contributed by atoms with Crippen molar-refractivity contribution in [2.24, 2.45) is 11.3 Å². The van der Waals surface area contributed by atoms with Crippen LogP contribution in [0.3, 0.4) is 0 Å². The summed E-state index contributed by atoms with van der Waals surface area (Å²) in [6.07, 6.45) is 1.95. The molecule has 0 spiro atoms. The summed E-state index contributed by atoms with van der Waals surface area (Å²) in [7, 11) is 0. The minimum absolute atomic E-state index is 0.0782. The fraction of sp³-hybridized carbons (Fsp3) is 0.909. The lowest BCUT2D eigenvalue weighted by Crippen LogP contribution is -2.38. The van der Waals surface area contributed by atoms with E-state index in [1.54, 1.807) is 0 Å². The first-order valence-corrected chi connectivity index (χ1v) is 5.31. The maximum Gasteiger partial charge on any atom is 0.222 e. The first-order valence-electron chi connectivity index (χ1n) is 5.31. The molecule has 0 aromatic rings. The van der Waals surface area contributed by atoms with Crippen molar-refractivity contribution in [3.8, 4) is 0 Å². The van der Waals surface area contributed by atoms with Gasteiger partial charge in [0.25, 0.3) is 0 Å². The third-order valence-electron chi connectivity index (χ3n) is 2.34. The van der Waals surface area contributed by atoms with E-state index >= 15 is 0 Å². The van der Waals surface area contributed by atoms with Gasteiger partial charge in [-0.05, 0) is 6.42 Å². The molecular formula is C11H23NO2. The Morgan fingerprint density at radius 3 is 2.50 bits per heavy atom. The van der Waals surface area contributed by atoms with Gasteiger partial charge < -0.3 is 10.4 Å². The highest BCUT2D eigenvalue weighted by Crippen LogP contribution is 2.12. The molecule has 0 heterocycles. The number of amides is 1. The molecular weight excluding hydrogens is 178 g/mol. The first kappa shape index (κ1) is 13.4. The van der Waals surface area contributed by atoms with Crippen molar-refractivity contribution in [2.45, 2.75) is 40.5 Å². The minimum atomic E-state index is -0.221. The molecule has 0 aliphatic carbocycles. The fourth-order valence-electron chi connectivity index (χ4n) is 1.12. The topological polar surface area (TPSA) is 49.3 Å². The molecule has 14 heavy (non-hydrogen) atoms. The van der Waals surface area contributed by atoms with Crippen LogP contribution in [0, 0.1) is 11.3 Å². The number of aliphatic hydroxyl groups is 1. The quantitative estimate of drug-likeness (QED) is 0.685. The second-order valence-corrected chi connectivity index (χ2v) is 4.73. The van der Waals surface area contributed by atoms with Crippen molar-refractivity contribution in [1.29, 1.82) is 0 Å². The van der Waals surface area contributed by atoms with Gasteiger partial charge in [0.2, 0.25) is 5.91 Å². The van der Waals surface area contributed by atoms with Crippen molar-refractivity contribution in [3.05, 3.63) is 0 Å². The Hall–Kier alpha value is -0.570. The molecule has 0 aromatic carbocycles. The maximum atomic E-state index is 11.5. The second-order valence-electron chi connectivity index (χ2n) is 4.73. The molecule has 0 aliphatic heterocycles. The van der Waals surface area contributed by atoms with Gasteiger partial charge in [0.05, 0.1) is 0 Å². The fourth-order valence-corrected chi connectivity index (χ4v) is 1.12. The van der Waals surface area contributed by atoms with E-state index in [1.165, 1.54) is 0 Å². The van der Waals surface area contributed by atoms with Gasteiger partial charge in [-0.2, -0.15) is 0 Å². The van der Waals surface area contributed by atoms with Gasteiger partial charge >= 0.3 is 0 Å². The van der Waals surface area contributed by atoms with Crippen molar-refractivity contribution in [3.63, 3.8) is 0 Å². The van der Waals surface area contributed by atoms with Crippen LogP contribution in [0.25, 0.3) is 0 Å². The zero-order chi connectivity index (χ0) is 11.2. The molecule has 1 amide bonds. The van der Waals surface area contributed by atoms with Gasteiger partial charge in [0, 0.05) is 24.5 Å². The van der Waals surface area contributed by atoms with Gasteiger partial charge in [-0.1, -0.05) is 34.1 Å². The number of aliphatic hydroxyl groups excluding tert-OH is 1. The van der Waals surface area contributed by atoms with Crippen LogP contribution >= 0.6 is 0 Å². The van der Waals surface area contributed by atoms with Gasteiger partial charge in [0.1, 0.15) is 0 Å². The highest BCUT2D eigenvalue weighted by atomic mass is 16.3. The third kappa shape index (κ3) is 5.22. The molecule has 0 aliphatic rings. The van der Waals surface area contributed by atoms with Crippen LogP contribution < -0.4 is 5.32 Å². The number of carbonyl (C=O) groups is 1. The second kappa shape index (κ2) is 6.02. The van der Waals surface area contributed by atoms with E-state index in [2.05, 4.69) is 12.2 Å². The lowest BCUT2D eigenvalue weighted by molar-refractivity contribution is -0.125. The Labute approximate surface area is 86.9 Å². The molecule has 1 unspecified atom stereocenters. The number of hydrogen-bond donors (Lipinski definition) is 2. The largest absolute Gasteiger partial charge is 0.396 e. The number of hydrogen-bond acceptors (Lipinski definition) is 2. The van der Waals surface area contributed by atoms with Crippen LogP contribution in [0.1, 0.15) is 40.5 Å². The van der Waals surface area contributed by atoms with E-state index in [9.17, 15) is 4.79 Å². The summed E-state index contributed by atoms with van der Waals surface area (Å²) in [5.41, 5.74) is -0.221. The molecule has 0 saturated heterocycles. The summed E-state index contributed by atoms with van der Waals surface area (Å²) < 4.78 is 0. The predicted octanol–water partition coefficient (Wildman–Crippen LogP) is 1.56. The summed E-state index contributed by atoms with van der Waals surface area (Å²) in [5, 5.41) is 11.9. The van der Waals surface area contributed by atoms with E-state index in [-0.39, 0.29) is 23.8 Å². The van der Waals surface area contributed by atoms with Crippen molar-refractivity contribution in [1.82, 2.24) is 5.32 Å². The molecule has 0 radical (unpaired) electrons. The van der Waals surface area contributed by atoms with E-state index in [1.807, 2.05) is 20.8 Å². The first-order chi connectivity index (χ1) is 6.43. The molecule has 3 heteroatoms. The zero-order valence-corrected chi connectivity index (χ0v) is 9.76. The summed E-state index contributed by atoms with van der Waals surface area (Å²) in [6, 6.07) is 0. The monoisotopic (exact) mass is 201 g/mol. The zero-order valence-electron chi connectivity index (χ0n) is 9.76. The highest BCUT2D eigenvalue weighted by Gasteiger charge is 2.19. The van der Waals surface area contributed by atoms with E-state index in [0.717, 1.165) is 12.8 Å². The van der Waals surface area contributed by atoms with Gasteiger partial charge in [-0.15, -0.1) is 0 Å². The Morgan fingerprint density at radius 2 is 2.07 bits per heavy atom. The lowest BCUT2D eigenvalue weighted by atomic mass is 9.94. The molecule has 0 aromatic heterocycles. The molecule has 0 rings (SSSR count). The SMILES string of the molecule is CCCC(C)C(=O)NCC(C)(C)CO. The van der Waals surface area contributed by atoms with Gasteiger partial charge in [-0.3, -0.25) is 4.79 Å². The summed E-state index contributed by atoms with van der Waals surface area (Å²) in [5.74, 6) is 0.169. The average Bonchev–Trinajstić information content (AvgIpc) is 2.15. The smallest absolute Gasteiger partial charge is 0.222 e. The van der Waals surface area contributed by atoms with Crippen LogP contribution in [0.2, 0.25) is 0 Å². The molecule has 1 atom stereocenters. The van der Waals surface area contributed by atoms with Crippen molar-refractivity contribution in [2.75, 3.05) is 13.2 Å². The van der Waals surface area contributed by atoms with Crippen LogP contribution in [-0.2, 0) is 4.79 Å². The van der Waals surface area contributed by atoms with Crippen molar-refractivity contribution < 1.29 is 9.90 Å². The van der Waals surface area contributed by atoms with Crippen molar-refractivity contribution >= 4 is 5.91 Å². The molecule has 0 bridgehead atoms. The Balaban J connectivity index is 3.84. The van der Waals surface area contributed by atoms with E-state index < -0.39 is 0 Å². The van der Waals surface area contributed by atoms with Gasteiger partial charge in [-0.25, -0.2) is 0 Å². The van der Waals surface area contributed by atoms with Crippen LogP contribution in [0.4, 0.5) is 0 Å². The highest BCUT2D eigenvalue weighted by molar-refractivity contribution is 5.78. The standard InChI is InChI=1S/C11H23NO2/c1-5-6-9(2)10(14)12-7-11(3,4)8-13/h9,13H,5-8H2,1-4H3,(H,12,14). The number of carbonyl (C=O) groups excluding carboxylic acids is 1. The average molecular weight is 201 g/mol. The molecule has 3 nitrogen and oxygen atoms in total. The number of nitrogens with one attached hydrogen (secondary N) is 1. The summed E-state index contributed by atoms with van der Waals surface area (Å²) >= 11 is 0. The maximum absolute atomic E-state index is 11.5. The van der Waals surface area contributed by atoms with E-state index in [4.69, 9.17) is 5.11 Å². The lowest BCUT2D eigenvalue weighted by Gasteiger charge is -2.23. The molecule has 0 saturated carbocycles. The van der Waals surface area contributed by atoms with Crippen LogP contribution in [-0.4, -0.2) is 24.2 Å². The molecule has 2 N–H and O–H groups in total. The Morgan fingerprint density at radius 1 is 1.50 bits per heavy atom. The third-order valence-corrected chi connectivity index (χ3v) is 2.34. The Kier molecular flexibility index (Phi) is 5.77. The summed E-state index contributed by atoms with van der Waals surface area (Å²) in [4.78, 5) is 11.5. The van der Waals surface area contributed by atoms with Gasteiger partial charge in [0.15, 0.2) is 0 Å². The summed E-state index contributed by atoms with van der Waals surface area (Å²) in [6.45, 7) is 8.49. The predicted molar refractivity (Wildman–Crippen MR) is 57.9 cm³/mol. The molecule has 84 valence electrons. The minimum Gasteiger partial charge on any atom is -0.396 e. The normalized spacial score (nSPS) is 13.8. The molecule has 0 fully saturated rings. The van der Waals surface area contributed by atoms with Crippen LogP contribution in [0.15, 0.2) is 0 Å². The van der Waals surface area contributed by atoms with Crippen LogP contribution in [0.5, 0.6) is 0 Å². The van der Waals surface area contributed by atoms with E-state index in [0.29, 0.717) is 6.54 Å². The number of rotatable bonds is 6. The Bertz CT molecular complexity index is 178.